The molecule has 2 atom stereocenters. The molecule has 4 heteroatoms. The number of hydrogen-bond donors (Lipinski definition) is 3. The third-order valence-corrected chi connectivity index (χ3v) is 3.71. The lowest BCUT2D eigenvalue weighted by atomic mass is 10.1. The summed E-state index contributed by atoms with van der Waals surface area (Å²) in [7, 11) is 0. The lowest BCUT2D eigenvalue weighted by Crippen LogP contribution is -2.24. The van der Waals surface area contributed by atoms with Crippen molar-refractivity contribution in [2.24, 2.45) is 0 Å². The number of carbonyl (C=O) groups is 1. The van der Waals surface area contributed by atoms with Crippen molar-refractivity contribution in [3.8, 4) is 0 Å². The van der Waals surface area contributed by atoms with E-state index in [1.165, 1.54) is 19.3 Å². The molecule has 0 heterocycles. The Morgan fingerprint density at radius 2 is 1.38 bits per heavy atom. The second-order valence-corrected chi connectivity index (χ2v) is 6.04. The maximum absolute atomic E-state index is 10.3. The number of unbranched alkanes of at least 4 members (excludes halogenated alkanes) is 4. The maximum atomic E-state index is 10.3. The Kier molecular flexibility index (Phi) is 15.5. The molecule has 3 N–H and O–H groups in total. The number of carboxylic acid groups (broad SMARTS) is 1. The molecular formula is C20H34O4. The summed E-state index contributed by atoms with van der Waals surface area (Å²) in [5.74, 6) is -0.790. The topological polar surface area (TPSA) is 77.8 Å². The second kappa shape index (κ2) is 16.5. The van der Waals surface area contributed by atoms with Crippen LogP contribution < -0.4 is 0 Å². The molecule has 0 aliphatic rings. The highest BCUT2D eigenvalue weighted by Gasteiger charge is 2.12. The number of aliphatic carboxylic acids is 1. The molecule has 0 aromatic carbocycles. The molecule has 0 aromatic heterocycles. The lowest BCUT2D eigenvalue weighted by Gasteiger charge is -2.14. The Morgan fingerprint density at radius 3 is 2.00 bits per heavy atom. The summed E-state index contributed by atoms with van der Waals surface area (Å²) in [6.07, 6.45) is 18.4. The monoisotopic (exact) mass is 338 g/mol. The van der Waals surface area contributed by atoms with Crippen LogP contribution in [0.1, 0.15) is 71.1 Å². The van der Waals surface area contributed by atoms with Crippen molar-refractivity contribution in [2.45, 2.75) is 83.3 Å². The van der Waals surface area contributed by atoms with Crippen LogP contribution in [-0.4, -0.2) is 33.5 Å². The number of aliphatic hydroxyl groups excluding tert-OH is 2. The van der Waals surface area contributed by atoms with Crippen LogP contribution in [0.4, 0.5) is 0 Å². The average Bonchev–Trinajstić information content (AvgIpc) is 2.55. The summed E-state index contributed by atoms with van der Waals surface area (Å²) in [5, 5.41) is 28.2. The number of allylic oxidation sites excluding steroid dienone is 4. The van der Waals surface area contributed by atoms with E-state index in [4.69, 9.17) is 5.11 Å². The van der Waals surface area contributed by atoms with E-state index < -0.39 is 18.2 Å². The number of rotatable bonds is 15. The van der Waals surface area contributed by atoms with Crippen molar-refractivity contribution < 1.29 is 20.1 Å². The zero-order valence-electron chi connectivity index (χ0n) is 14.9. The molecule has 0 saturated heterocycles. The number of hydrogen-bond acceptors (Lipinski definition) is 3. The standard InChI is InChI=1S/C20H34O4/c1-2-3-4-5-6-7-8-9-12-15-18(21)19(22)16-13-10-11-14-17-20(23)24/h6-7,9-10,12-13,18-19,21-22H,2-5,8,11,14-17H2,1H3,(H,23,24)/b7-6+,12-9+,13-10+. The molecule has 0 spiro atoms. The molecule has 0 radical (unpaired) electrons. The van der Waals surface area contributed by atoms with Gasteiger partial charge in [-0.2, -0.15) is 0 Å². The van der Waals surface area contributed by atoms with Crippen LogP contribution in [0.15, 0.2) is 36.5 Å². The van der Waals surface area contributed by atoms with Gasteiger partial charge in [-0.1, -0.05) is 56.2 Å². The summed E-state index contributed by atoms with van der Waals surface area (Å²) in [5.41, 5.74) is 0. The zero-order chi connectivity index (χ0) is 18.0. The highest BCUT2D eigenvalue weighted by molar-refractivity contribution is 5.66. The molecular weight excluding hydrogens is 304 g/mol. The third kappa shape index (κ3) is 15.5. The van der Waals surface area contributed by atoms with Crippen molar-refractivity contribution in [3.63, 3.8) is 0 Å². The van der Waals surface area contributed by atoms with Gasteiger partial charge in [0.25, 0.3) is 0 Å². The van der Waals surface area contributed by atoms with Crippen molar-refractivity contribution in [3.05, 3.63) is 36.5 Å². The Balaban J connectivity index is 3.70. The van der Waals surface area contributed by atoms with Crippen molar-refractivity contribution in [1.82, 2.24) is 0 Å². The van der Waals surface area contributed by atoms with E-state index in [9.17, 15) is 15.0 Å². The molecule has 2 unspecified atom stereocenters. The summed E-state index contributed by atoms with van der Waals surface area (Å²) in [6, 6.07) is 0. The van der Waals surface area contributed by atoms with Crippen molar-refractivity contribution >= 4 is 5.97 Å². The normalized spacial score (nSPS) is 14.8. The Labute approximate surface area is 146 Å². The van der Waals surface area contributed by atoms with Gasteiger partial charge >= 0.3 is 5.97 Å². The first-order chi connectivity index (χ1) is 11.6. The van der Waals surface area contributed by atoms with E-state index in [0.29, 0.717) is 25.7 Å². The molecule has 0 saturated carbocycles. The van der Waals surface area contributed by atoms with Crippen LogP contribution >= 0.6 is 0 Å². The van der Waals surface area contributed by atoms with Crippen molar-refractivity contribution in [1.29, 1.82) is 0 Å². The quantitative estimate of drug-likeness (QED) is 0.306. The maximum Gasteiger partial charge on any atom is 0.303 e. The van der Waals surface area contributed by atoms with E-state index >= 15 is 0 Å². The molecule has 0 aliphatic carbocycles. The minimum absolute atomic E-state index is 0.160. The van der Waals surface area contributed by atoms with E-state index in [1.807, 2.05) is 18.2 Å². The van der Waals surface area contributed by atoms with E-state index in [2.05, 4.69) is 19.1 Å². The fraction of sp³-hybridized carbons (Fsp3) is 0.650. The van der Waals surface area contributed by atoms with Crippen LogP contribution in [-0.2, 0) is 4.79 Å². The van der Waals surface area contributed by atoms with Gasteiger partial charge in [0, 0.05) is 6.42 Å². The van der Waals surface area contributed by atoms with Gasteiger partial charge in [0.15, 0.2) is 0 Å². The van der Waals surface area contributed by atoms with E-state index in [0.717, 1.165) is 12.8 Å². The Morgan fingerprint density at radius 1 is 0.833 bits per heavy atom. The predicted molar refractivity (Wildman–Crippen MR) is 98.9 cm³/mol. The molecule has 4 nitrogen and oxygen atoms in total. The molecule has 0 aromatic rings. The molecule has 0 amide bonds. The van der Waals surface area contributed by atoms with Gasteiger partial charge in [0.1, 0.15) is 0 Å². The smallest absolute Gasteiger partial charge is 0.303 e. The van der Waals surface area contributed by atoms with Gasteiger partial charge < -0.3 is 15.3 Å². The first-order valence-electron chi connectivity index (χ1n) is 9.10. The third-order valence-electron chi connectivity index (χ3n) is 3.71. The first kappa shape index (κ1) is 22.6. The SMILES string of the molecule is CCCCC/C=C/C/C=C/CC(O)C(O)C/C=C/CCCC(=O)O. The van der Waals surface area contributed by atoms with Crippen LogP contribution in [0.2, 0.25) is 0 Å². The largest absolute Gasteiger partial charge is 0.481 e. The van der Waals surface area contributed by atoms with E-state index in [-0.39, 0.29) is 6.42 Å². The molecule has 0 aliphatic heterocycles. The fourth-order valence-electron chi connectivity index (χ4n) is 2.18. The predicted octanol–water partition coefficient (Wildman–Crippen LogP) is 4.38. The zero-order valence-corrected chi connectivity index (χ0v) is 14.9. The molecule has 138 valence electrons. The molecule has 0 rings (SSSR count). The van der Waals surface area contributed by atoms with Gasteiger partial charge in [0.05, 0.1) is 12.2 Å². The number of carboxylic acids is 1. The van der Waals surface area contributed by atoms with Gasteiger partial charge in [-0.3, -0.25) is 4.79 Å². The van der Waals surface area contributed by atoms with Crippen molar-refractivity contribution in [2.75, 3.05) is 0 Å². The minimum atomic E-state index is -0.790. The van der Waals surface area contributed by atoms with Crippen LogP contribution in [0.5, 0.6) is 0 Å². The van der Waals surface area contributed by atoms with Crippen LogP contribution in [0.25, 0.3) is 0 Å². The van der Waals surface area contributed by atoms with Crippen LogP contribution in [0, 0.1) is 0 Å². The lowest BCUT2D eigenvalue weighted by molar-refractivity contribution is -0.137. The summed E-state index contributed by atoms with van der Waals surface area (Å²) < 4.78 is 0. The highest BCUT2D eigenvalue weighted by Crippen LogP contribution is 2.07. The summed E-state index contributed by atoms with van der Waals surface area (Å²) in [6.45, 7) is 2.20. The summed E-state index contributed by atoms with van der Waals surface area (Å²) in [4.78, 5) is 10.3. The Hall–Kier alpha value is -1.39. The minimum Gasteiger partial charge on any atom is -0.481 e. The Bertz CT molecular complexity index is 385. The van der Waals surface area contributed by atoms with Gasteiger partial charge in [-0.15, -0.1) is 0 Å². The van der Waals surface area contributed by atoms with E-state index in [1.54, 1.807) is 6.08 Å². The average molecular weight is 338 g/mol. The second-order valence-electron chi connectivity index (χ2n) is 6.04. The van der Waals surface area contributed by atoms with Gasteiger partial charge in [0.2, 0.25) is 0 Å². The molecule has 24 heavy (non-hydrogen) atoms. The first-order valence-corrected chi connectivity index (χ1v) is 9.10. The number of aliphatic hydroxyl groups is 2. The highest BCUT2D eigenvalue weighted by atomic mass is 16.4. The van der Waals surface area contributed by atoms with Gasteiger partial charge in [-0.05, 0) is 44.9 Å². The van der Waals surface area contributed by atoms with Crippen LogP contribution in [0.3, 0.4) is 0 Å². The van der Waals surface area contributed by atoms with Gasteiger partial charge in [-0.25, -0.2) is 0 Å². The molecule has 0 bridgehead atoms. The summed E-state index contributed by atoms with van der Waals surface area (Å²) >= 11 is 0. The fourth-order valence-corrected chi connectivity index (χ4v) is 2.18. The molecule has 0 fully saturated rings.